The number of amides is 1. The van der Waals surface area contributed by atoms with E-state index in [-0.39, 0.29) is 6.79 Å². The SMILES string of the molecule is COc1ccc(OC)c(NC(=O)C(C)OC(=O)CO/N=C(/C)c2ccc3c(c2)OCO3)c1. The first-order valence-corrected chi connectivity index (χ1v) is 9.70. The molecular weight excluding hydrogens is 420 g/mol. The molecule has 0 fully saturated rings. The zero-order valence-electron chi connectivity index (χ0n) is 18.2. The van der Waals surface area contributed by atoms with Crippen LogP contribution in [0.1, 0.15) is 19.4 Å². The van der Waals surface area contributed by atoms with E-state index in [0.29, 0.717) is 34.4 Å². The maximum absolute atomic E-state index is 12.4. The summed E-state index contributed by atoms with van der Waals surface area (Å²) in [6, 6.07) is 10.3. The molecule has 10 nitrogen and oxygen atoms in total. The zero-order chi connectivity index (χ0) is 23.1. The molecule has 10 heteroatoms. The zero-order valence-corrected chi connectivity index (χ0v) is 18.2. The van der Waals surface area contributed by atoms with Gasteiger partial charge in [-0.3, -0.25) is 4.79 Å². The van der Waals surface area contributed by atoms with E-state index >= 15 is 0 Å². The van der Waals surface area contributed by atoms with Crippen molar-refractivity contribution in [3.05, 3.63) is 42.0 Å². The molecule has 0 aromatic heterocycles. The van der Waals surface area contributed by atoms with Gasteiger partial charge in [0.1, 0.15) is 11.5 Å². The van der Waals surface area contributed by atoms with Gasteiger partial charge in [-0.1, -0.05) is 5.16 Å². The molecule has 2 aromatic carbocycles. The molecule has 0 radical (unpaired) electrons. The monoisotopic (exact) mass is 444 g/mol. The van der Waals surface area contributed by atoms with Crippen molar-refractivity contribution in [2.45, 2.75) is 20.0 Å². The summed E-state index contributed by atoms with van der Waals surface area (Å²) in [5, 5.41) is 6.56. The molecule has 32 heavy (non-hydrogen) atoms. The normalized spacial score (nSPS) is 13.2. The molecule has 2 aromatic rings. The van der Waals surface area contributed by atoms with Crippen molar-refractivity contribution in [2.75, 3.05) is 32.9 Å². The van der Waals surface area contributed by atoms with Crippen molar-refractivity contribution in [1.82, 2.24) is 0 Å². The molecular formula is C22H24N2O8. The molecule has 170 valence electrons. The van der Waals surface area contributed by atoms with Crippen LogP contribution >= 0.6 is 0 Å². The van der Waals surface area contributed by atoms with Gasteiger partial charge in [-0.2, -0.15) is 0 Å². The smallest absolute Gasteiger partial charge is 0.347 e. The van der Waals surface area contributed by atoms with Crippen LogP contribution in [0.2, 0.25) is 0 Å². The summed E-state index contributed by atoms with van der Waals surface area (Å²) in [5.41, 5.74) is 1.68. The van der Waals surface area contributed by atoms with Crippen LogP contribution in [-0.4, -0.2) is 51.3 Å². The van der Waals surface area contributed by atoms with Gasteiger partial charge in [0.05, 0.1) is 25.6 Å². The minimum absolute atomic E-state index is 0.174. The summed E-state index contributed by atoms with van der Waals surface area (Å²) in [5.74, 6) is 0.968. The summed E-state index contributed by atoms with van der Waals surface area (Å²) in [6.45, 7) is 2.89. The molecule has 0 bridgehead atoms. The van der Waals surface area contributed by atoms with Crippen LogP contribution in [0, 0.1) is 0 Å². The Hall–Kier alpha value is -3.95. The van der Waals surface area contributed by atoms with Gasteiger partial charge in [-0.15, -0.1) is 0 Å². The Morgan fingerprint density at radius 2 is 1.88 bits per heavy atom. The highest BCUT2D eigenvalue weighted by Gasteiger charge is 2.20. The van der Waals surface area contributed by atoms with Gasteiger partial charge < -0.3 is 33.8 Å². The maximum Gasteiger partial charge on any atom is 0.347 e. The predicted molar refractivity (Wildman–Crippen MR) is 114 cm³/mol. The minimum atomic E-state index is -1.07. The van der Waals surface area contributed by atoms with Crippen molar-refractivity contribution in [3.8, 4) is 23.0 Å². The fourth-order valence-electron chi connectivity index (χ4n) is 2.79. The molecule has 1 unspecified atom stereocenters. The Morgan fingerprint density at radius 3 is 2.62 bits per heavy atom. The first-order valence-electron chi connectivity index (χ1n) is 9.70. The number of carbonyl (C=O) groups excluding carboxylic acids is 2. The van der Waals surface area contributed by atoms with Gasteiger partial charge in [-0.05, 0) is 44.2 Å². The third kappa shape index (κ3) is 5.60. The number of nitrogens with one attached hydrogen (secondary N) is 1. The number of benzene rings is 2. The quantitative estimate of drug-likeness (QED) is 0.357. The van der Waals surface area contributed by atoms with E-state index in [2.05, 4.69) is 10.5 Å². The number of hydrogen-bond donors (Lipinski definition) is 1. The van der Waals surface area contributed by atoms with Crippen LogP contribution in [0.25, 0.3) is 0 Å². The number of esters is 1. The lowest BCUT2D eigenvalue weighted by molar-refractivity contribution is -0.157. The van der Waals surface area contributed by atoms with Crippen LogP contribution in [0.15, 0.2) is 41.6 Å². The Labute approximate surface area is 185 Å². The summed E-state index contributed by atoms with van der Waals surface area (Å²) < 4.78 is 26.1. The van der Waals surface area contributed by atoms with Crippen LogP contribution in [0.3, 0.4) is 0 Å². The van der Waals surface area contributed by atoms with E-state index in [0.717, 1.165) is 5.56 Å². The Balaban J connectivity index is 1.50. The molecule has 1 aliphatic rings. The highest BCUT2D eigenvalue weighted by molar-refractivity contribution is 5.99. The van der Waals surface area contributed by atoms with E-state index in [1.165, 1.54) is 21.1 Å². The average Bonchev–Trinajstić information content (AvgIpc) is 3.26. The molecule has 1 amide bonds. The van der Waals surface area contributed by atoms with E-state index in [9.17, 15) is 9.59 Å². The molecule has 0 spiro atoms. The number of methoxy groups -OCH3 is 2. The highest BCUT2D eigenvalue weighted by atomic mass is 16.7. The second kappa shape index (κ2) is 10.4. The standard InChI is InChI=1S/C22H24N2O8/c1-13(15-5-7-19-20(9-15)30-12-29-19)24-31-11-21(25)32-14(2)22(26)23-17-10-16(27-3)6-8-18(17)28-4/h5-10,14H,11-12H2,1-4H3,(H,23,26)/b24-13-. The van der Waals surface area contributed by atoms with E-state index < -0.39 is 24.6 Å². The number of oxime groups is 1. The molecule has 0 aliphatic carbocycles. The second-order valence-electron chi connectivity index (χ2n) is 6.71. The Kier molecular flexibility index (Phi) is 7.37. The summed E-state index contributed by atoms with van der Waals surface area (Å²) in [6.07, 6.45) is -1.07. The van der Waals surface area contributed by atoms with Gasteiger partial charge in [0.15, 0.2) is 17.6 Å². The lowest BCUT2D eigenvalue weighted by Gasteiger charge is -2.15. The average molecular weight is 444 g/mol. The largest absolute Gasteiger partial charge is 0.497 e. The Morgan fingerprint density at radius 1 is 1.09 bits per heavy atom. The third-order valence-corrected chi connectivity index (χ3v) is 4.52. The number of hydrogen-bond acceptors (Lipinski definition) is 9. The van der Waals surface area contributed by atoms with Gasteiger partial charge in [-0.25, -0.2) is 4.79 Å². The number of fused-ring (bicyclic) bond motifs is 1. The second-order valence-corrected chi connectivity index (χ2v) is 6.71. The summed E-state index contributed by atoms with van der Waals surface area (Å²) >= 11 is 0. The van der Waals surface area contributed by atoms with Crippen molar-refractivity contribution >= 4 is 23.3 Å². The van der Waals surface area contributed by atoms with Crippen molar-refractivity contribution in [1.29, 1.82) is 0 Å². The van der Waals surface area contributed by atoms with E-state index in [1.54, 1.807) is 43.3 Å². The molecule has 3 rings (SSSR count). The molecule has 0 saturated carbocycles. The number of carbonyl (C=O) groups is 2. The number of nitrogens with zero attached hydrogens (tertiary/aromatic N) is 1. The predicted octanol–water partition coefficient (Wildman–Crippen LogP) is 2.74. The molecule has 1 atom stereocenters. The van der Waals surface area contributed by atoms with Gasteiger partial charge in [0, 0.05) is 11.6 Å². The maximum atomic E-state index is 12.4. The summed E-state index contributed by atoms with van der Waals surface area (Å²) in [7, 11) is 2.99. The summed E-state index contributed by atoms with van der Waals surface area (Å²) in [4.78, 5) is 29.5. The van der Waals surface area contributed by atoms with Crippen molar-refractivity contribution in [3.63, 3.8) is 0 Å². The fraction of sp³-hybridized carbons (Fsp3) is 0.318. The number of ether oxygens (including phenoxy) is 5. The lowest BCUT2D eigenvalue weighted by Crippen LogP contribution is -2.31. The fourth-order valence-corrected chi connectivity index (χ4v) is 2.79. The van der Waals surface area contributed by atoms with Gasteiger partial charge in [0.2, 0.25) is 13.4 Å². The molecule has 1 N–H and O–H groups in total. The minimum Gasteiger partial charge on any atom is -0.497 e. The Bertz CT molecular complexity index is 1020. The number of rotatable bonds is 9. The first-order chi connectivity index (χ1) is 15.4. The van der Waals surface area contributed by atoms with Crippen molar-refractivity contribution < 1.29 is 38.1 Å². The molecule has 1 aliphatic heterocycles. The van der Waals surface area contributed by atoms with E-state index in [1.807, 2.05) is 0 Å². The topological polar surface area (TPSA) is 114 Å². The van der Waals surface area contributed by atoms with Crippen LogP contribution in [0.5, 0.6) is 23.0 Å². The third-order valence-electron chi connectivity index (χ3n) is 4.52. The lowest BCUT2D eigenvalue weighted by atomic mass is 10.1. The highest BCUT2D eigenvalue weighted by Crippen LogP contribution is 2.32. The molecule has 1 heterocycles. The first kappa shape index (κ1) is 22.7. The van der Waals surface area contributed by atoms with Crippen LogP contribution < -0.4 is 24.3 Å². The van der Waals surface area contributed by atoms with Gasteiger partial charge in [0.25, 0.3) is 5.91 Å². The van der Waals surface area contributed by atoms with Crippen LogP contribution in [0.4, 0.5) is 5.69 Å². The number of anilines is 1. The van der Waals surface area contributed by atoms with E-state index in [4.69, 9.17) is 28.5 Å². The molecule has 0 saturated heterocycles. The van der Waals surface area contributed by atoms with Crippen molar-refractivity contribution in [2.24, 2.45) is 5.16 Å². The van der Waals surface area contributed by atoms with Gasteiger partial charge >= 0.3 is 5.97 Å². The van der Waals surface area contributed by atoms with Crippen LogP contribution in [-0.2, 0) is 19.2 Å².